The molecule has 1 aromatic rings. The summed E-state index contributed by atoms with van der Waals surface area (Å²) in [6.45, 7) is 2.49. The van der Waals surface area contributed by atoms with Crippen molar-refractivity contribution in [2.45, 2.75) is 32.3 Å². The molecule has 7 heteroatoms. The maximum absolute atomic E-state index is 12.0. The first-order valence-corrected chi connectivity index (χ1v) is 8.04. The van der Waals surface area contributed by atoms with Crippen molar-refractivity contribution in [2.75, 3.05) is 13.1 Å². The lowest BCUT2D eigenvalue weighted by Crippen LogP contribution is -2.41. The van der Waals surface area contributed by atoms with E-state index >= 15 is 0 Å². The molecule has 1 atom stereocenters. The summed E-state index contributed by atoms with van der Waals surface area (Å²) >= 11 is 0. The van der Waals surface area contributed by atoms with Crippen LogP contribution in [0.15, 0.2) is 40.6 Å². The summed E-state index contributed by atoms with van der Waals surface area (Å²) in [5, 5.41) is 12.4. The van der Waals surface area contributed by atoms with Crippen LogP contribution >= 0.6 is 0 Å². The van der Waals surface area contributed by atoms with Crippen LogP contribution in [0.5, 0.6) is 0 Å². The number of hydrogen-bond donors (Lipinski definition) is 1. The molecular formula is C17H20N4O3. The van der Waals surface area contributed by atoms with Gasteiger partial charge >= 0.3 is 0 Å². The van der Waals surface area contributed by atoms with Crippen molar-refractivity contribution >= 4 is 23.2 Å². The number of carbonyl (C=O) groups is 2. The summed E-state index contributed by atoms with van der Waals surface area (Å²) in [5.41, 5.74) is 2.72. The first-order valence-electron chi connectivity index (χ1n) is 8.04. The van der Waals surface area contributed by atoms with E-state index in [2.05, 4.69) is 15.6 Å². The Labute approximate surface area is 140 Å². The monoisotopic (exact) mass is 328 g/mol. The third-order valence-corrected chi connectivity index (χ3v) is 3.94. The average molecular weight is 328 g/mol. The zero-order chi connectivity index (χ0) is 16.9. The van der Waals surface area contributed by atoms with E-state index in [1.165, 1.54) is 5.01 Å². The van der Waals surface area contributed by atoms with Gasteiger partial charge in [0.05, 0.1) is 18.0 Å². The predicted molar refractivity (Wildman–Crippen MR) is 89.5 cm³/mol. The summed E-state index contributed by atoms with van der Waals surface area (Å²) in [7, 11) is 0. The fourth-order valence-corrected chi connectivity index (χ4v) is 2.65. The van der Waals surface area contributed by atoms with Gasteiger partial charge in [-0.3, -0.25) is 9.59 Å². The van der Waals surface area contributed by atoms with Crippen LogP contribution in [-0.2, 0) is 14.4 Å². The van der Waals surface area contributed by atoms with E-state index in [1.54, 1.807) is 0 Å². The molecule has 0 radical (unpaired) electrons. The lowest BCUT2D eigenvalue weighted by atomic mass is 10.0. The van der Waals surface area contributed by atoms with Crippen LogP contribution < -0.4 is 5.32 Å². The molecule has 0 unspecified atom stereocenters. The fraction of sp³-hybridized carbons (Fsp3) is 0.412. The van der Waals surface area contributed by atoms with Crippen LogP contribution in [0.1, 0.15) is 31.7 Å². The normalized spacial score (nSPS) is 20.3. The van der Waals surface area contributed by atoms with Crippen LogP contribution in [0.3, 0.4) is 0 Å². The molecule has 2 heterocycles. The van der Waals surface area contributed by atoms with Crippen molar-refractivity contribution in [1.29, 1.82) is 0 Å². The van der Waals surface area contributed by atoms with E-state index in [1.807, 2.05) is 37.3 Å². The highest BCUT2D eigenvalue weighted by Gasteiger charge is 2.26. The third-order valence-electron chi connectivity index (χ3n) is 3.94. The van der Waals surface area contributed by atoms with Gasteiger partial charge in [-0.25, -0.2) is 5.01 Å². The number of hydrazone groups is 1. The zero-order valence-electron chi connectivity index (χ0n) is 13.6. The quantitative estimate of drug-likeness (QED) is 0.884. The minimum absolute atomic E-state index is 0.0276. The van der Waals surface area contributed by atoms with Crippen LogP contribution in [0, 0.1) is 0 Å². The minimum atomic E-state index is -0.564. The van der Waals surface area contributed by atoms with Crippen LogP contribution in [0.2, 0.25) is 0 Å². The molecule has 2 amide bonds. The van der Waals surface area contributed by atoms with Gasteiger partial charge in [0.15, 0.2) is 0 Å². The summed E-state index contributed by atoms with van der Waals surface area (Å²) in [4.78, 5) is 29.0. The SMILES string of the molecule is CC1=NO[C@H](C(=O)NCCN2N=C(c3ccccc3)CCC2=O)C1. The van der Waals surface area contributed by atoms with Gasteiger partial charge in [0, 0.05) is 25.8 Å². The summed E-state index contributed by atoms with van der Waals surface area (Å²) in [6.07, 6.45) is 1.01. The first-order chi connectivity index (χ1) is 11.6. The van der Waals surface area contributed by atoms with Crippen molar-refractivity contribution in [3.63, 3.8) is 0 Å². The van der Waals surface area contributed by atoms with Crippen LogP contribution in [0.25, 0.3) is 0 Å². The number of amides is 2. The molecular weight excluding hydrogens is 308 g/mol. The van der Waals surface area contributed by atoms with Gasteiger partial charge in [-0.15, -0.1) is 0 Å². The predicted octanol–water partition coefficient (Wildman–Crippen LogP) is 1.29. The molecule has 0 saturated carbocycles. The van der Waals surface area contributed by atoms with Gasteiger partial charge in [-0.2, -0.15) is 5.10 Å². The fourth-order valence-electron chi connectivity index (χ4n) is 2.65. The Kier molecular flexibility index (Phi) is 4.88. The zero-order valence-corrected chi connectivity index (χ0v) is 13.6. The maximum atomic E-state index is 12.0. The molecule has 0 fully saturated rings. The number of nitrogens with zero attached hydrogens (tertiary/aromatic N) is 3. The topological polar surface area (TPSA) is 83.4 Å². The first kappa shape index (κ1) is 16.2. The molecule has 1 aromatic carbocycles. The van der Waals surface area contributed by atoms with Gasteiger partial charge in [0.25, 0.3) is 5.91 Å². The number of hydrogen-bond acceptors (Lipinski definition) is 5. The van der Waals surface area contributed by atoms with Gasteiger partial charge < -0.3 is 10.2 Å². The van der Waals surface area contributed by atoms with E-state index in [9.17, 15) is 9.59 Å². The third kappa shape index (κ3) is 3.79. The van der Waals surface area contributed by atoms with E-state index in [0.29, 0.717) is 32.4 Å². The van der Waals surface area contributed by atoms with Crippen molar-refractivity contribution < 1.29 is 14.4 Å². The minimum Gasteiger partial charge on any atom is -0.382 e. The summed E-state index contributed by atoms with van der Waals surface area (Å²) in [5.74, 6) is -0.243. The lowest BCUT2D eigenvalue weighted by molar-refractivity contribution is -0.134. The molecule has 1 N–H and O–H groups in total. The Morgan fingerprint density at radius 1 is 1.33 bits per heavy atom. The molecule has 0 aromatic heterocycles. The molecule has 0 spiro atoms. The van der Waals surface area contributed by atoms with Crippen LogP contribution in [0.4, 0.5) is 0 Å². The van der Waals surface area contributed by atoms with E-state index in [0.717, 1.165) is 17.0 Å². The van der Waals surface area contributed by atoms with Gasteiger partial charge in [-0.1, -0.05) is 35.5 Å². The van der Waals surface area contributed by atoms with E-state index < -0.39 is 6.10 Å². The van der Waals surface area contributed by atoms with E-state index in [4.69, 9.17) is 4.84 Å². The summed E-state index contributed by atoms with van der Waals surface area (Å²) < 4.78 is 0. The molecule has 0 aliphatic carbocycles. The number of benzene rings is 1. The molecule has 0 bridgehead atoms. The smallest absolute Gasteiger partial charge is 0.264 e. The second-order valence-corrected chi connectivity index (χ2v) is 5.85. The van der Waals surface area contributed by atoms with Gasteiger partial charge in [0.1, 0.15) is 0 Å². The molecule has 2 aliphatic heterocycles. The van der Waals surface area contributed by atoms with Crippen LogP contribution in [-0.4, -0.2) is 47.4 Å². The highest BCUT2D eigenvalue weighted by Crippen LogP contribution is 2.15. The Hall–Kier alpha value is -2.70. The second-order valence-electron chi connectivity index (χ2n) is 5.85. The molecule has 0 saturated heterocycles. The van der Waals surface area contributed by atoms with Crippen molar-refractivity contribution in [1.82, 2.24) is 10.3 Å². The van der Waals surface area contributed by atoms with Gasteiger partial charge in [0.2, 0.25) is 12.0 Å². The number of oxime groups is 1. The van der Waals surface area contributed by atoms with E-state index in [-0.39, 0.29) is 11.8 Å². The number of nitrogens with one attached hydrogen (secondary N) is 1. The highest BCUT2D eigenvalue weighted by atomic mass is 16.6. The number of rotatable bonds is 5. The standard InChI is InChI=1S/C17H20N4O3/c1-12-11-15(24-20-12)17(23)18-9-10-21-16(22)8-7-14(19-21)13-5-3-2-4-6-13/h2-6,15H,7-11H2,1H3,(H,18,23)/t15-/m0/s1. The lowest BCUT2D eigenvalue weighted by Gasteiger charge is -2.24. The molecule has 24 heavy (non-hydrogen) atoms. The molecule has 3 rings (SSSR count). The van der Waals surface area contributed by atoms with Crippen molar-refractivity contribution in [3.05, 3.63) is 35.9 Å². The largest absolute Gasteiger partial charge is 0.382 e. The average Bonchev–Trinajstić information content (AvgIpc) is 3.04. The molecule has 7 nitrogen and oxygen atoms in total. The van der Waals surface area contributed by atoms with Crippen molar-refractivity contribution in [2.24, 2.45) is 10.3 Å². The Morgan fingerprint density at radius 2 is 2.12 bits per heavy atom. The second kappa shape index (κ2) is 7.25. The Bertz CT molecular complexity index is 684. The Balaban J connectivity index is 1.54. The molecule has 126 valence electrons. The summed E-state index contributed by atoms with van der Waals surface area (Å²) in [6, 6.07) is 9.81. The van der Waals surface area contributed by atoms with Crippen molar-refractivity contribution in [3.8, 4) is 0 Å². The maximum Gasteiger partial charge on any atom is 0.264 e. The Morgan fingerprint density at radius 3 is 2.83 bits per heavy atom. The van der Waals surface area contributed by atoms with Gasteiger partial charge in [-0.05, 0) is 12.5 Å². The number of carbonyl (C=O) groups excluding carboxylic acids is 2. The highest BCUT2D eigenvalue weighted by molar-refractivity contribution is 6.04. The molecule has 2 aliphatic rings.